The number of rotatable bonds is 7. The standard InChI is InChI=1S/C19H30F2N4O.HI/c1-4-22-19(24-15-7-10-25(11-8-15)14(2)3)23-9-12-26-16-5-6-17(20)18(21)13-16;/h5-6,13-15H,4,7-12H2,1-3H3,(H2,22,23,24);1H. The zero-order valence-electron chi connectivity index (χ0n) is 16.3. The summed E-state index contributed by atoms with van der Waals surface area (Å²) in [7, 11) is 0. The van der Waals surface area contributed by atoms with Gasteiger partial charge in [-0.05, 0) is 45.7 Å². The van der Waals surface area contributed by atoms with E-state index in [0.29, 0.717) is 31.0 Å². The largest absolute Gasteiger partial charge is 0.492 e. The van der Waals surface area contributed by atoms with Crippen LogP contribution in [-0.4, -0.2) is 55.7 Å². The van der Waals surface area contributed by atoms with E-state index >= 15 is 0 Å². The molecule has 2 N–H and O–H groups in total. The summed E-state index contributed by atoms with van der Waals surface area (Å²) in [4.78, 5) is 6.99. The number of nitrogens with zero attached hydrogens (tertiary/aromatic N) is 2. The molecule has 1 fully saturated rings. The molecule has 1 aromatic carbocycles. The number of piperidine rings is 1. The normalized spacial score (nSPS) is 16.1. The first-order valence-corrected chi connectivity index (χ1v) is 9.36. The fourth-order valence-electron chi connectivity index (χ4n) is 2.96. The van der Waals surface area contributed by atoms with E-state index in [1.54, 1.807) is 0 Å². The molecule has 0 saturated carbocycles. The van der Waals surface area contributed by atoms with Gasteiger partial charge in [-0.25, -0.2) is 13.8 Å². The van der Waals surface area contributed by atoms with Crippen LogP contribution in [0.3, 0.4) is 0 Å². The molecule has 2 rings (SSSR count). The van der Waals surface area contributed by atoms with Gasteiger partial charge in [-0.3, -0.25) is 0 Å². The number of aliphatic imine (C=N–C) groups is 1. The van der Waals surface area contributed by atoms with Gasteiger partial charge in [0.2, 0.25) is 0 Å². The summed E-state index contributed by atoms with van der Waals surface area (Å²) < 4.78 is 31.5. The summed E-state index contributed by atoms with van der Waals surface area (Å²) in [6.07, 6.45) is 2.18. The second-order valence-corrected chi connectivity index (χ2v) is 6.73. The SMILES string of the molecule is CCNC(=NCCOc1ccc(F)c(F)c1)NC1CCN(C(C)C)CC1.I. The molecule has 8 heteroatoms. The summed E-state index contributed by atoms with van der Waals surface area (Å²) in [5.74, 6) is -0.714. The minimum absolute atomic E-state index is 0. The number of halogens is 3. The van der Waals surface area contributed by atoms with Crippen LogP contribution in [0.1, 0.15) is 33.6 Å². The summed E-state index contributed by atoms with van der Waals surface area (Å²) in [6.45, 7) is 10.2. The van der Waals surface area contributed by atoms with Gasteiger partial charge in [-0.2, -0.15) is 0 Å². The average Bonchev–Trinajstić information content (AvgIpc) is 2.62. The molecule has 1 aromatic rings. The van der Waals surface area contributed by atoms with Gasteiger partial charge in [0.05, 0.1) is 6.54 Å². The Bertz CT molecular complexity index is 593. The highest BCUT2D eigenvalue weighted by Gasteiger charge is 2.21. The van der Waals surface area contributed by atoms with Crippen molar-refractivity contribution < 1.29 is 13.5 Å². The molecule has 5 nitrogen and oxygen atoms in total. The summed E-state index contributed by atoms with van der Waals surface area (Å²) in [6, 6.07) is 4.52. The Balaban J connectivity index is 0.00000364. The Morgan fingerprint density at radius 3 is 2.56 bits per heavy atom. The average molecular weight is 496 g/mol. The van der Waals surface area contributed by atoms with Crippen molar-refractivity contribution in [2.75, 3.05) is 32.8 Å². The van der Waals surface area contributed by atoms with Crippen LogP contribution < -0.4 is 15.4 Å². The smallest absolute Gasteiger partial charge is 0.191 e. The fraction of sp³-hybridized carbons (Fsp3) is 0.632. The third-order valence-electron chi connectivity index (χ3n) is 4.47. The zero-order chi connectivity index (χ0) is 18.9. The van der Waals surface area contributed by atoms with E-state index in [9.17, 15) is 8.78 Å². The van der Waals surface area contributed by atoms with Crippen LogP contribution in [0.15, 0.2) is 23.2 Å². The predicted molar refractivity (Wildman–Crippen MR) is 116 cm³/mol. The van der Waals surface area contributed by atoms with Crippen LogP contribution in [0.25, 0.3) is 0 Å². The number of guanidine groups is 1. The Morgan fingerprint density at radius 2 is 1.96 bits per heavy atom. The molecule has 154 valence electrons. The molecule has 1 heterocycles. The molecule has 1 saturated heterocycles. The molecule has 1 aliphatic rings. The quantitative estimate of drug-likeness (QED) is 0.263. The molecule has 0 spiro atoms. The number of benzene rings is 1. The summed E-state index contributed by atoms with van der Waals surface area (Å²) in [5, 5.41) is 6.72. The Kier molecular flexibility index (Phi) is 10.9. The monoisotopic (exact) mass is 496 g/mol. The Hall–Kier alpha value is -1.16. The van der Waals surface area contributed by atoms with Gasteiger partial charge in [0, 0.05) is 37.8 Å². The van der Waals surface area contributed by atoms with Crippen molar-refractivity contribution in [1.29, 1.82) is 0 Å². The maximum absolute atomic E-state index is 13.1. The number of ether oxygens (including phenoxy) is 1. The van der Waals surface area contributed by atoms with Gasteiger partial charge in [-0.1, -0.05) is 0 Å². The highest BCUT2D eigenvalue weighted by molar-refractivity contribution is 14.0. The molecular formula is C19H31F2IN4O. The third-order valence-corrected chi connectivity index (χ3v) is 4.47. The molecule has 0 radical (unpaired) electrons. The van der Waals surface area contributed by atoms with E-state index in [4.69, 9.17) is 4.74 Å². The second kappa shape index (κ2) is 12.3. The van der Waals surface area contributed by atoms with Crippen molar-refractivity contribution in [2.24, 2.45) is 4.99 Å². The van der Waals surface area contributed by atoms with Crippen LogP contribution >= 0.6 is 24.0 Å². The molecule has 0 aliphatic carbocycles. The molecular weight excluding hydrogens is 465 g/mol. The first-order chi connectivity index (χ1) is 12.5. The molecule has 0 amide bonds. The Morgan fingerprint density at radius 1 is 1.26 bits per heavy atom. The van der Waals surface area contributed by atoms with E-state index < -0.39 is 11.6 Å². The molecule has 0 atom stereocenters. The number of nitrogens with one attached hydrogen (secondary N) is 2. The highest BCUT2D eigenvalue weighted by atomic mass is 127. The minimum Gasteiger partial charge on any atom is -0.492 e. The van der Waals surface area contributed by atoms with Crippen molar-refractivity contribution in [3.8, 4) is 5.75 Å². The molecule has 0 unspecified atom stereocenters. The topological polar surface area (TPSA) is 48.9 Å². The van der Waals surface area contributed by atoms with E-state index in [-0.39, 0.29) is 24.0 Å². The lowest BCUT2D eigenvalue weighted by Gasteiger charge is -2.35. The molecule has 1 aliphatic heterocycles. The van der Waals surface area contributed by atoms with E-state index in [1.807, 2.05) is 6.92 Å². The first kappa shape index (κ1) is 23.9. The number of likely N-dealkylation sites (tertiary alicyclic amines) is 1. The predicted octanol–water partition coefficient (Wildman–Crippen LogP) is 3.39. The van der Waals surface area contributed by atoms with E-state index in [0.717, 1.165) is 50.6 Å². The van der Waals surface area contributed by atoms with E-state index in [1.165, 1.54) is 6.07 Å². The van der Waals surface area contributed by atoms with Crippen molar-refractivity contribution in [3.05, 3.63) is 29.8 Å². The van der Waals surface area contributed by atoms with Gasteiger partial charge in [-0.15, -0.1) is 24.0 Å². The summed E-state index contributed by atoms with van der Waals surface area (Å²) >= 11 is 0. The maximum atomic E-state index is 13.1. The first-order valence-electron chi connectivity index (χ1n) is 9.36. The van der Waals surface area contributed by atoms with Crippen molar-refractivity contribution in [3.63, 3.8) is 0 Å². The van der Waals surface area contributed by atoms with Crippen molar-refractivity contribution >= 4 is 29.9 Å². The highest BCUT2D eigenvalue weighted by Crippen LogP contribution is 2.15. The van der Waals surface area contributed by atoms with Crippen molar-refractivity contribution in [1.82, 2.24) is 15.5 Å². The summed E-state index contributed by atoms with van der Waals surface area (Å²) in [5.41, 5.74) is 0. The van der Waals surface area contributed by atoms with Crippen LogP contribution in [0.5, 0.6) is 5.75 Å². The van der Waals surface area contributed by atoms with Crippen LogP contribution in [0.2, 0.25) is 0 Å². The number of hydrogen-bond acceptors (Lipinski definition) is 3. The molecule has 0 aromatic heterocycles. The third kappa shape index (κ3) is 8.16. The Labute approximate surface area is 178 Å². The second-order valence-electron chi connectivity index (χ2n) is 6.73. The van der Waals surface area contributed by atoms with E-state index in [2.05, 4.69) is 34.4 Å². The lowest BCUT2D eigenvalue weighted by atomic mass is 10.0. The maximum Gasteiger partial charge on any atom is 0.191 e. The van der Waals surface area contributed by atoms with Gasteiger partial charge in [0.25, 0.3) is 0 Å². The number of hydrogen-bond donors (Lipinski definition) is 2. The lowest BCUT2D eigenvalue weighted by Crippen LogP contribution is -2.50. The van der Waals surface area contributed by atoms with Crippen LogP contribution in [-0.2, 0) is 0 Å². The zero-order valence-corrected chi connectivity index (χ0v) is 18.6. The molecule has 27 heavy (non-hydrogen) atoms. The van der Waals surface area contributed by atoms with Gasteiger partial charge < -0.3 is 20.3 Å². The van der Waals surface area contributed by atoms with Crippen LogP contribution in [0, 0.1) is 11.6 Å². The lowest BCUT2D eigenvalue weighted by molar-refractivity contribution is 0.167. The minimum atomic E-state index is -0.909. The van der Waals surface area contributed by atoms with Crippen molar-refractivity contribution in [2.45, 2.75) is 45.7 Å². The van der Waals surface area contributed by atoms with Crippen LogP contribution in [0.4, 0.5) is 8.78 Å². The van der Waals surface area contributed by atoms with Gasteiger partial charge in [0.1, 0.15) is 12.4 Å². The molecule has 0 bridgehead atoms. The van der Waals surface area contributed by atoms with Gasteiger partial charge in [0.15, 0.2) is 17.6 Å². The van der Waals surface area contributed by atoms with Gasteiger partial charge >= 0.3 is 0 Å². The fourth-order valence-corrected chi connectivity index (χ4v) is 2.96.